The molecule has 0 atom stereocenters. The largest absolute Gasteiger partial charge is 0.394 e. The number of alkyl halides is 1. The zero-order valence-corrected chi connectivity index (χ0v) is 9.32. The monoisotopic (exact) mass is 266 g/mol. The van der Waals surface area contributed by atoms with Crippen molar-refractivity contribution in [2.75, 3.05) is 6.61 Å². The van der Waals surface area contributed by atoms with E-state index >= 15 is 0 Å². The smallest absolute Gasteiger partial charge is 0.141 e. The molecule has 0 saturated heterocycles. The molecule has 0 aliphatic heterocycles. The van der Waals surface area contributed by atoms with E-state index in [0.29, 0.717) is 0 Å². The van der Waals surface area contributed by atoms with Crippen LogP contribution in [-0.2, 0) is 0 Å². The Morgan fingerprint density at radius 3 is 1.50 bits per heavy atom. The van der Waals surface area contributed by atoms with Gasteiger partial charge in [-0.05, 0) is 0 Å². The summed E-state index contributed by atoms with van der Waals surface area (Å²) in [5.74, 6) is 0. The zero-order valence-electron chi connectivity index (χ0n) is 5.54. The molecule has 0 heterocycles. The van der Waals surface area contributed by atoms with Crippen LogP contribution in [-0.4, -0.2) is 16.6 Å². The SMILES string of the molecule is OCC1(Cl)C(Cl)=C(Cl)C(Cl)=C1Cl. The molecular formula is C6H3Cl5O. The van der Waals surface area contributed by atoms with E-state index in [4.69, 9.17) is 63.1 Å². The molecule has 0 fully saturated rings. The first-order valence-corrected chi connectivity index (χ1v) is 4.75. The second-order valence-electron chi connectivity index (χ2n) is 2.22. The number of allylic oxidation sites excluding steroid dienone is 2. The molecule has 1 rings (SSSR count). The Hall–Kier alpha value is 0.890. The van der Waals surface area contributed by atoms with Gasteiger partial charge in [0.05, 0.1) is 26.7 Å². The highest BCUT2D eigenvalue weighted by Gasteiger charge is 2.43. The van der Waals surface area contributed by atoms with Crippen LogP contribution in [0.2, 0.25) is 0 Å². The summed E-state index contributed by atoms with van der Waals surface area (Å²) in [6.07, 6.45) is 0. The zero-order chi connectivity index (χ0) is 9.52. The number of aliphatic hydroxyl groups excluding tert-OH is 1. The average molecular weight is 268 g/mol. The van der Waals surface area contributed by atoms with Crippen molar-refractivity contribution in [1.29, 1.82) is 0 Å². The topological polar surface area (TPSA) is 20.2 Å². The van der Waals surface area contributed by atoms with Crippen LogP contribution >= 0.6 is 58.0 Å². The molecule has 1 nitrogen and oxygen atoms in total. The summed E-state index contributed by atoms with van der Waals surface area (Å²) in [4.78, 5) is -1.35. The molecule has 6 heteroatoms. The maximum atomic E-state index is 8.92. The van der Waals surface area contributed by atoms with Gasteiger partial charge in [0.1, 0.15) is 4.87 Å². The highest BCUT2D eigenvalue weighted by Crippen LogP contribution is 2.51. The lowest BCUT2D eigenvalue weighted by molar-refractivity contribution is 0.281. The van der Waals surface area contributed by atoms with Gasteiger partial charge < -0.3 is 5.11 Å². The third kappa shape index (κ3) is 1.37. The fraction of sp³-hybridized carbons (Fsp3) is 0.333. The molecule has 1 aliphatic carbocycles. The van der Waals surface area contributed by atoms with Crippen LogP contribution < -0.4 is 0 Å². The summed E-state index contributed by atoms with van der Waals surface area (Å²) >= 11 is 28.6. The number of halogens is 5. The van der Waals surface area contributed by atoms with Crippen molar-refractivity contribution in [1.82, 2.24) is 0 Å². The van der Waals surface area contributed by atoms with Gasteiger partial charge in [-0.15, -0.1) is 11.6 Å². The third-order valence-electron chi connectivity index (χ3n) is 1.49. The molecule has 0 aromatic carbocycles. The predicted molar refractivity (Wildman–Crippen MR) is 53.1 cm³/mol. The molecule has 0 aromatic heterocycles. The maximum Gasteiger partial charge on any atom is 0.141 e. The lowest BCUT2D eigenvalue weighted by Gasteiger charge is -2.18. The van der Waals surface area contributed by atoms with E-state index < -0.39 is 11.5 Å². The first kappa shape index (κ1) is 11.0. The van der Waals surface area contributed by atoms with Gasteiger partial charge >= 0.3 is 0 Å². The van der Waals surface area contributed by atoms with Gasteiger partial charge in [-0.3, -0.25) is 0 Å². The maximum absolute atomic E-state index is 8.92. The quantitative estimate of drug-likeness (QED) is 0.723. The summed E-state index contributed by atoms with van der Waals surface area (Å²) in [6.45, 7) is -0.446. The van der Waals surface area contributed by atoms with Crippen LogP contribution in [0.4, 0.5) is 0 Å². The Labute approximate surface area is 94.5 Å². The molecule has 0 saturated carbocycles. The van der Waals surface area contributed by atoms with E-state index in [1.165, 1.54) is 0 Å². The fourth-order valence-corrected chi connectivity index (χ4v) is 2.22. The van der Waals surface area contributed by atoms with Crippen molar-refractivity contribution in [2.45, 2.75) is 4.87 Å². The third-order valence-corrected chi connectivity index (χ3v) is 4.25. The number of rotatable bonds is 1. The van der Waals surface area contributed by atoms with Gasteiger partial charge in [0.25, 0.3) is 0 Å². The van der Waals surface area contributed by atoms with E-state index in [2.05, 4.69) is 0 Å². The van der Waals surface area contributed by atoms with Crippen LogP contribution in [0.15, 0.2) is 20.1 Å². The molecule has 0 bridgehead atoms. The molecule has 0 aromatic rings. The van der Waals surface area contributed by atoms with Crippen LogP contribution in [0.5, 0.6) is 0 Å². The van der Waals surface area contributed by atoms with E-state index in [9.17, 15) is 0 Å². The molecule has 1 N–H and O–H groups in total. The lowest BCUT2D eigenvalue weighted by atomic mass is 10.2. The highest BCUT2D eigenvalue weighted by molar-refractivity contribution is 6.58. The minimum atomic E-state index is -1.35. The van der Waals surface area contributed by atoms with Crippen molar-refractivity contribution in [3.05, 3.63) is 20.1 Å². The minimum absolute atomic E-state index is 0.0586. The second kappa shape index (κ2) is 3.56. The van der Waals surface area contributed by atoms with Crippen molar-refractivity contribution in [2.24, 2.45) is 0 Å². The Kier molecular flexibility index (Phi) is 3.26. The fourth-order valence-electron chi connectivity index (χ4n) is 0.776. The molecule has 0 amide bonds. The molecule has 68 valence electrons. The molecule has 0 radical (unpaired) electrons. The second-order valence-corrected chi connectivity index (χ2v) is 4.37. The van der Waals surface area contributed by atoms with Gasteiger partial charge in [-0.2, -0.15) is 0 Å². The predicted octanol–water partition coefficient (Wildman–Crippen LogP) is 3.35. The van der Waals surface area contributed by atoms with Crippen LogP contribution in [0, 0.1) is 0 Å². The number of hydrogen-bond donors (Lipinski definition) is 1. The Balaban J connectivity index is 3.25. The van der Waals surface area contributed by atoms with Crippen LogP contribution in [0.25, 0.3) is 0 Å². The van der Waals surface area contributed by atoms with E-state index in [1.807, 2.05) is 0 Å². The summed E-state index contributed by atoms with van der Waals surface area (Å²) in [5.41, 5.74) is 0. The molecular weight excluding hydrogens is 265 g/mol. The van der Waals surface area contributed by atoms with Crippen molar-refractivity contribution >= 4 is 58.0 Å². The molecule has 0 unspecified atom stereocenters. The van der Waals surface area contributed by atoms with E-state index in [1.54, 1.807) is 0 Å². The Bertz CT molecular complexity index is 256. The van der Waals surface area contributed by atoms with Crippen molar-refractivity contribution in [3.63, 3.8) is 0 Å². The van der Waals surface area contributed by atoms with Gasteiger partial charge in [0.2, 0.25) is 0 Å². The summed E-state index contributed by atoms with van der Waals surface area (Å²) in [5, 5.41) is 9.21. The average Bonchev–Trinajstić information content (AvgIpc) is 2.22. The summed E-state index contributed by atoms with van der Waals surface area (Å²) in [6, 6.07) is 0. The summed E-state index contributed by atoms with van der Waals surface area (Å²) in [7, 11) is 0. The first-order chi connectivity index (χ1) is 5.45. The van der Waals surface area contributed by atoms with E-state index in [0.717, 1.165) is 0 Å². The lowest BCUT2D eigenvalue weighted by Crippen LogP contribution is -2.25. The Morgan fingerprint density at radius 1 is 1.00 bits per heavy atom. The van der Waals surface area contributed by atoms with Gasteiger partial charge in [-0.1, -0.05) is 46.4 Å². The van der Waals surface area contributed by atoms with Gasteiger partial charge in [-0.25, -0.2) is 0 Å². The van der Waals surface area contributed by atoms with Crippen molar-refractivity contribution in [3.8, 4) is 0 Å². The molecule has 12 heavy (non-hydrogen) atoms. The van der Waals surface area contributed by atoms with Crippen LogP contribution in [0.1, 0.15) is 0 Å². The standard InChI is InChI=1S/C6H3Cl5O/c7-2-3(8)5(10)6(11,1-12)4(2)9/h12H,1H2. The first-order valence-electron chi connectivity index (χ1n) is 2.86. The van der Waals surface area contributed by atoms with E-state index in [-0.39, 0.29) is 20.1 Å². The normalized spacial score (nSPS) is 22.5. The number of aliphatic hydroxyl groups is 1. The Morgan fingerprint density at radius 2 is 1.33 bits per heavy atom. The minimum Gasteiger partial charge on any atom is -0.394 e. The van der Waals surface area contributed by atoms with Gasteiger partial charge in [0, 0.05) is 0 Å². The van der Waals surface area contributed by atoms with Crippen LogP contribution in [0.3, 0.4) is 0 Å². The van der Waals surface area contributed by atoms with Crippen molar-refractivity contribution < 1.29 is 5.11 Å². The molecule has 0 spiro atoms. The summed E-state index contributed by atoms with van der Waals surface area (Å²) < 4.78 is 0. The number of hydrogen-bond acceptors (Lipinski definition) is 1. The highest BCUT2D eigenvalue weighted by atomic mass is 35.5. The van der Waals surface area contributed by atoms with Gasteiger partial charge in [0.15, 0.2) is 0 Å². The molecule has 1 aliphatic rings.